The molecule has 0 aromatic heterocycles. The molecule has 2 atom stereocenters. The summed E-state index contributed by atoms with van der Waals surface area (Å²) in [7, 11) is 1.58. The van der Waals surface area contributed by atoms with Crippen LogP contribution in [0.2, 0.25) is 0 Å². The number of rotatable bonds is 7. The maximum Gasteiger partial charge on any atom is 0.327 e. The van der Waals surface area contributed by atoms with Crippen molar-refractivity contribution in [3.8, 4) is 0 Å². The Balaban J connectivity index is 2.13. The number of carboxylic acid groups (broad SMARTS) is 1. The van der Waals surface area contributed by atoms with Crippen molar-refractivity contribution in [1.82, 2.24) is 9.80 Å². The Hall–Kier alpha value is -1.21. The van der Waals surface area contributed by atoms with Gasteiger partial charge in [0.1, 0.15) is 6.04 Å². The smallest absolute Gasteiger partial charge is 0.327 e. The van der Waals surface area contributed by atoms with Gasteiger partial charge in [0.05, 0.1) is 12.0 Å². The molecule has 0 radical (unpaired) electrons. The van der Waals surface area contributed by atoms with Gasteiger partial charge in [-0.25, -0.2) is 9.59 Å². The average molecular weight is 314 g/mol. The molecular formula is C14H22N2O4S. The lowest BCUT2D eigenvalue weighted by atomic mass is 10.2. The third-order valence-electron chi connectivity index (χ3n) is 3.75. The summed E-state index contributed by atoms with van der Waals surface area (Å²) in [6, 6.07) is -0.954. The molecule has 1 saturated heterocycles. The molecule has 0 aromatic rings. The summed E-state index contributed by atoms with van der Waals surface area (Å²) in [4.78, 5) is 27.4. The van der Waals surface area contributed by atoms with E-state index < -0.39 is 12.0 Å². The molecule has 6 nitrogen and oxygen atoms in total. The minimum absolute atomic E-state index is 0.00606. The van der Waals surface area contributed by atoms with Gasteiger partial charge in [-0.3, -0.25) is 4.90 Å². The van der Waals surface area contributed by atoms with Gasteiger partial charge in [-0.1, -0.05) is 6.08 Å². The molecule has 1 aliphatic heterocycles. The number of carboxylic acids is 1. The standard InChI is InChI=1S/C14H22N2O4S/c1-3-6-15(7-8-20-2)14(19)16-11(13(17)18)9-21-12(16)10-4-5-10/h3,10-12H,1,4-9H2,2H3,(H,17,18). The number of methoxy groups -OCH3 is 1. The molecule has 21 heavy (non-hydrogen) atoms. The van der Waals surface area contributed by atoms with Crippen molar-refractivity contribution < 1.29 is 19.4 Å². The minimum atomic E-state index is -0.927. The molecule has 2 fully saturated rings. The number of nitrogens with zero attached hydrogens (tertiary/aromatic N) is 2. The van der Waals surface area contributed by atoms with Crippen LogP contribution in [-0.4, -0.2) is 70.9 Å². The molecule has 2 aliphatic rings. The second-order valence-corrected chi connectivity index (χ2v) is 6.48. The van der Waals surface area contributed by atoms with E-state index in [1.54, 1.807) is 34.7 Å². The number of hydrogen-bond acceptors (Lipinski definition) is 4. The van der Waals surface area contributed by atoms with Gasteiger partial charge in [0.25, 0.3) is 0 Å². The number of urea groups is 1. The van der Waals surface area contributed by atoms with Crippen molar-refractivity contribution in [1.29, 1.82) is 0 Å². The zero-order valence-electron chi connectivity index (χ0n) is 12.2. The number of ether oxygens (including phenoxy) is 1. The predicted octanol–water partition coefficient (Wildman–Crippen LogP) is 1.48. The Morgan fingerprint density at radius 2 is 2.24 bits per heavy atom. The van der Waals surface area contributed by atoms with Crippen LogP contribution in [0.3, 0.4) is 0 Å². The number of aliphatic carboxylic acids is 1. The van der Waals surface area contributed by atoms with Gasteiger partial charge in [-0.2, -0.15) is 0 Å². The molecule has 2 rings (SSSR count). The molecular weight excluding hydrogens is 292 g/mol. The highest BCUT2D eigenvalue weighted by molar-refractivity contribution is 8.00. The molecule has 7 heteroatoms. The highest BCUT2D eigenvalue weighted by Gasteiger charge is 2.48. The molecule has 0 spiro atoms. The number of thioether (sulfide) groups is 1. The van der Waals surface area contributed by atoms with Gasteiger partial charge >= 0.3 is 12.0 Å². The van der Waals surface area contributed by atoms with E-state index in [0.717, 1.165) is 12.8 Å². The third-order valence-corrected chi connectivity index (χ3v) is 5.21. The number of amides is 2. The van der Waals surface area contributed by atoms with Crippen LogP contribution in [0.25, 0.3) is 0 Å². The highest BCUT2D eigenvalue weighted by Crippen LogP contribution is 2.45. The summed E-state index contributed by atoms with van der Waals surface area (Å²) in [5.41, 5.74) is 0. The number of carbonyl (C=O) groups is 2. The first-order valence-corrected chi connectivity index (χ1v) is 8.16. The van der Waals surface area contributed by atoms with Crippen LogP contribution in [-0.2, 0) is 9.53 Å². The van der Waals surface area contributed by atoms with Crippen molar-refractivity contribution >= 4 is 23.8 Å². The first kappa shape index (κ1) is 16.2. The van der Waals surface area contributed by atoms with E-state index in [2.05, 4.69) is 6.58 Å². The van der Waals surface area contributed by atoms with Crippen LogP contribution >= 0.6 is 11.8 Å². The Morgan fingerprint density at radius 3 is 2.76 bits per heavy atom. The maximum atomic E-state index is 12.8. The van der Waals surface area contributed by atoms with Gasteiger partial charge < -0.3 is 14.7 Å². The third kappa shape index (κ3) is 3.71. The SMILES string of the molecule is C=CCN(CCOC)C(=O)N1C(C(=O)O)CSC1C1CC1. The fourth-order valence-electron chi connectivity index (χ4n) is 2.49. The fraction of sp³-hybridized carbons (Fsp3) is 0.714. The van der Waals surface area contributed by atoms with Crippen molar-refractivity contribution in [2.75, 3.05) is 32.6 Å². The van der Waals surface area contributed by atoms with E-state index in [4.69, 9.17) is 4.74 Å². The van der Waals surface area contributed by atoms with Crippen LogP contribution in [0.5, 0.6) is 0 Å². The van der Waals surface area contributed by atoms with Crippen molar-refractivity contribution in [3.63, 3.8) is 0 Å². The molecule has 1 saturated carbocycles. The molecule has 2 unspecified atom stereocenters. The second-order valence-electron chi connectivity index (χ2n) is 5.33. The largest absolute Gasteiger partial charge is 0.480 e. The molecule has 0 aromatic carbocycles. The Morgan fingerprint density at radius 1 is 1.52 bits per heavy atom. The van der Waals surface area contributed by atoms with E-state index in [0.29, 0.717) is 31.4 Å². The predicted molar refractivity (Wildman–Crippen MR) is 81.3 cm³/mol. The normalized spacial score (nSPS) is 24.9. The molecule has 1 N–H and O–H groups in total. The van der Waals surface area contributed by atoms with Crippen LogP contribution in [0.1, 0.15) is 12.8 Å². The van der Waals surface area contributed by atoms with Gasteiger partial charge in [-0.15, -0.1) is 18.3 Å². The van der Waals surface area contributed by atoms with E-state index >= 15 is 0 Å². The van der Waals surface area contributed by atoms with Crippen LogP contribution in [0.15, 0.2) is 12.7 Å². The average Bonchev–Trinajstić information content (AvgIpc) is 3.20. The van der Waals surface area contributed by atoms with E-state index in [-0.39, 0.29) is 11.4 Å². The van der Waals surface area contributed by atoms with Crippen LogP contribution in [0, 0.1) is 5.92 Å². The molecule has 118 valence electrons. The summed E-state index contributed by atoms with van der Waals surface area (Å²) in [5, 5.41) is 9.36. The summed E-state index contributed by atoms with van der Waals surface area (Å²) in [6.45, 7) is 4.92. The topological polar surface area (TPSA) is 70.1 Å². The Kier molecular flexibility index (Phi) is 5.52. The molecule has 1 heterocycles. The molecule has 2 amide bonds. The zero-order chi connectivity index (χ0) is 15.4. The fourth-order valence-corrected chi connectivity index (χ4v) is 4.12. The summed E-state index contributed by atoms with van der Waals surface area (Å²) in [6.07, 6.45) is 3.80. The first-order chi connectivity index (χ1) is 10.1. The van der Waals surface area contributed by atoms with Crippen molar-refractivity contribution in [2.45, 2.75) is 24.3 Å². The Labute approximate surface area is 129 Å². The molecule has 0 bridgehead atoms. The van der Waals surface area contributed by atoms with Gasteiger partial charge in [0.15, 0.2) is 0 Å². The summed E-state index contributed by atoms with van der Waals surface area (Å²) < 4.78 is 5.02. The number of carbonyl (C=O) groups excluding carboxylic acids is 1. The zero-order valence-corrected chi connectivity index (χ0v) is 13.1. The van der Waals surface area contributed by atoms with Gasteiger partial charge in [0, 0.05) is 26.0 Å². The Bertz CT molecular complexity index is 414. The lowest BCUT2D eigenvalue weighted by Crippen LogP contribution is -2.52. The lowest BCUT2D eigenvalue weighted by Gasteiger charge is -2.33. The summed E-state index contributed by atoms with van der Waals surface area (Å²) in [5.74, 6) is -0.0188. The van der Waals surface area contributed by atoms with Gasteiger partial charge in [0.2, 0.25) is 0 Å². The van der Waals surface area contributed by atoms with E-state index in [1.807, 2.05) is 0 Å². The number of hydrogen-bond donors (Lipinski definition) is 1. The minimum Gasteiger partial charge on any atom is -0.480 e. The van der Waals surface area contributed by atoms with Crippen molar-refractivity contribution in [2.24, 2.45) is 5.92 Å². The molecule has 1 aliphatic carbocycles. The van der Waals surface area contributed by atoms with E-state index in [9.17, 15) is 14.7 Å². The summed E-state index contributed by atoms with van der Waals surface area (Å²) >= 11 is 1.59. The lowest BCUT2D eigenvalue weighted by molar-refractivity contribution is -0.141. The maximum absolute atomic E-state index is 12.8. The second kappa shape index (κ2) is 7.17. The monoisotopic (exact) mass is 314 g/mol. The first-order valence-electron chi connectivity index (χ1n) is 7.11. The quantitative estimate of drug-likeness (QED) is 0.721. The van der Waals surface area contributed by atoms with Crippen LogP contribution in [0.4, 0.5) is 4.79 Å². The van der Waals surface area contributed by atoms with Crippen LogP contribution < -0.4 is 0 Å². The highest BCUT2D eigenvalue weighted by atomic mass is 32.2. The van der Waals surface area contributed by atoms with Gasteiger partial charge in [-0.05, 0) is 18.8 Å². The van der Waals surface area contributed by atoms with E-state index in [1.165, 1.54) is 0 Å². The van der Waals surface area contributed by atoms with Crippen molar-refractivity contribution in [3.05, 3.63) is 12.7 Å².